The molecule has 0 spiro atoms. The zero-order valence-electron chi connectivity index (χ0n) is 23.8. The van der Waals surface area contributed by atoms with E-state index in [0.29, 0.717) is 17.8 Å². The number of esters is 1. The first kappa shape index (κ1) is 32.8. The molecule has 3 rings (SSSR count). The van der Waals surface area contributed by atoms with Crippen LogP contribution in [0.1, 0.15) is 40.8 Å². The molecule has 1 fully saturated rings. The van der Waals surface area contributed by atoms with E-state index in [1.807, 2.05) is 0 Å². The first-order valence-corrected chi connectivity index (χ1v) is 15.0. The van der Waals surface area contributed by atoms with Crippen molar-refractivity contribution in [1.29, 1.82) is 0 Å². The SMILES string of the molecule is C=C[C@H](NP(=O)(N[C@H](C)C(O)OCC)OCC1O[C@@H](n2cnc3c(OCC)nc(N)nc32)[C@@H](C)[C@@H]1O)C(=O)OCC. The first-order valence-electron chi connectivity index (χ1n) is 13.3. The molecular formula is C24H40N7O9P. The number of nitrogens with one attached hydrogen (secondary N) is 2. The Morgan fingerprint density at radius 3 is 2.66 bits per heavy atom. The van der Waals surface area contributed by atoms with Gasteiger partial charge in [-0.2, -0.15) is 9.97 Å². The van der Waals surface area contributed by atoms with Gasteiger partial charge in [0.1, 0.15) is 18.4 Å². The van der Waals surface area contributed by atoms with Gasteiger partial charge >= 0.3 is 13.6 Å². The Hall–Kier alpha value is -2.69. The van der Waals surface area contributed by atoms with E-state index < -0.39 is 56.4 Å². The number of nitrogens with zero attached hydrogens (tertiary/aromatic N) is 4. The van der Waals surface area contributed by atoms with Crippen molar-refractivity contribution in [3.05, 3.63) is 19.0 Å². The normalized spacial score (nSPS) is 24.5. The summed E-state index contributed by atoms with van der Waals surface area (Å²) < 4.78 is 43.1. The summed E-state index contributed by atoms with van der Waals surface area (Å²) in [5.74, 6) is -1.00. The predicted octanol–water partition coefficient (Wildman–Crippen LogP) is 0.867. The fourth-order valence-corrected chi connectivity index (χ4v) is 6.05. The molecule has 6 N–H and O–H groups in total. The van der Waals surface area contributed by atoms with Crippen LogP contribution in [0.15, 0.2) is 19.0 Å². The second-order valence-corrected chi connectivity index (χ2v) is 11.1. The lowest BCUT2D eigenvalue weighted by atomic mass is 10.0. The van der Waals surface area contributed by atoms with Crippen LogP contribution in [0.5, 0.6) is 5.88 Å². The molecule has 1 aliphatic heterocycles. The number of fused-ring (bicyclic) bond motifs is 1. The summed E-state index contributed by atoms with van der Waals surface area (Å²) in [6.07, 6.45) is -1.38. The largest absolute Gasteiger partial charge is 0.476 e. The van der Waals surface area contributed by atoms with Crippen LogP contribution in [0.2, 0.25) is 0 Å². The Labute approximate surface area is 238 Å². The maximum atomic E-state index is 13.9. The lowest BCUT2D eigenvalue weighted by molar-refractivity contribution is -0.143. The number of rotatable bonds is 16. The standard InChI is InChI=1S/C24H40N7O9P/c1-7-15(23(34)38-10-4)30-41(35,29-14(6)22(33)37-9-3)39-11-16-18(32)13(5)21(40-16)31-12-26-17-19(31)27-24(25)28-20(17)36-8-2/h7,12-16,18,21-22,32-33H,1,8-11H2,2-6H3,(H2,25,27,28)(H2,29,30,35)/t13-,14+,15-,16?,18-,21+,22?,41?/m0/s1. The van der Waals surface area contributed by atoms with Crippen LogP contribution in [-0.4, -0.2) is 92.7 Å². The molecule has 0 radical (unpaired) electrons. The number of carbonyl (C=O) groups is 1. The summed E-state index contributed by atoms with van der Waals surface area (Å²) >= 11 is 0. The monoisotopic (exact) mass is 601 g/mol. The Kier molecular flexibility index (Phi) is 11.6. The molecule has 2 aromatic heterocycles. The smallest absolute Gasteiger partial charge is 0.342 e. The number of nitrogen functional groups attached to an aromatic ring is 1. The van der Waals surface area contributed by atoms with Gasteiger partial charge in [0.05, 0.1) is 38.3 Å². The van der Waals surface area contributed by atoms with Gasteiger partial charge in [0.2, 0.25) is 11.8 Å². The highest BCUT2D eigenvalue weighted by Gasteiger charge is 2.44. The van der Waals surface area contributed by atoms with Crippen molar-refractivity contribution in [2.75, 3.05) is 32.2 Å². The van der Waals surface area contributed by atoms with Gasteiger partial charge in [-0.15, -0.1) is 6.58 Å². The average molecular weight is 602 g/mol. The minimum absolute atomic E-state index is 0.0198. The number of aliphatic hydroxyl groups is 2. The van der Waals surface area contributed by atoms with Gasteiger partial charge in [0.25, 0.3) is 0 Å². The average Bonchev–Trinajstić information content (AvgIpc) is 3.46. The van der Waals surface area contributed by atoms with Gasteiger partial charge < -0.3 is 39.4 Å². The number of hydrogen-bond acceptors (Lipinski definition) is 13. The number of anilines is 1. The third-order valence-corrected chi connectivity index (χ3v) is 8.17. The quantitative estimate of drug-likeness (QED) is 0.0781. The van der Waals surface area contributed by atoms with E-state index in [9.17, 15) is 19.6 Å². The van der Waals surface area contributed by atoms with Gasteiger partial charge in [-0.05, 0) is 27.7 Å². The molecule has 0 aliphatic carbocycles. The number of nitrogens with two attached hydrogens (primary N) is 1. The Morgan fingerprint density at radius 2 is 2.02 bits per heavy atom. The van der Waals surface area contributed by atoms with Crippen molar-refractivity contribution in [3.8, 4) is 5.88 Å². The van der Waals surface area contributed by atoms with Crippen LogP contribution >= 0.6 is 7.67 Å². The zero-order valence-corrected chi connectivity index (χ0v) is 24.7. The summed E-state index contributed by atoms with van der Waals surface area (Å²) in [5, 5.41) is 26.5. The van der Waals surface area contributed by atoms with Crippen molar-refractivity contribution >= 4 is 30.8 Å². The van der Waals surface area contributed by atoms with E-state index in [4.69, 9.17) is 29.2 Å². The van der Waals surface area contributed by atoms with Gasteiger partial charge in [-0.25, -0.2) is 20.0 Å². The van der Waals surface area contributed by atoms with Crippen molar-refractivity contribution in [2.45, 2.75) is 71.4 Å². The summed E-state index contributed by atoms with van der Waals surface area (Å²) in [7, 11) is -4.12. The van der Waals surface area contributed by atoms with Gasteiger partial charge in [-0.3, -0.25) is 9.13 Å². The fourth-order valence-electron chi connectivity index (χ4n) is 4.23. The second-order valence-electron chi connectivity index (χ2n) is 9.26. The van der Waals surface area contributed by atoms with E-state index in [0.717, 1.165) is 0 Å². The van der Waals surface area contributed by atoms with Crippen molar-refractivity contribution < 1.29 is 43.0 Å². The maximum absolute atomic E-state index is 13.9. The molecule has 1 saturated heterocycles. The number of aliphatic hydroxyl groups excluding tert-OH is 2. The van der Waals surface area contributed by atoms with Crippen molar-refractivity contribution in [2.24, 2.45) is 5.92 Å². The molecule has 230 valence electrons. The molecule has 1 aliphatic rings. The van der Waals surface area contributed by atoms with E-state index in [2.05, 4.69) is 31.7 Å². The van der Waals surface area contributed by atoms with E-state index in [1.165, 1.54) is 19.3 Å². The molecule has 0 aromatic carbocycles. The number of aromatic nitrogens is 4. The van der Waals surface area contributed by atoms with Crippen LogP contribution in [0.3, 0.4) is 0 Å². The summed E-state index contributed by atoms with van der Waals surface area (Å²) in [4.78, 5) is 25.1. The minimum atomic E-state index is -4.12. The molecule has 41 heavy (non-hydrogen) atoms. The highest BCUT2D eigenvalue weighted by molar-refractivity contribution is 7.54. The second kappa shape index (κ2) is 14.5. The molecule has 17 heteroatoms. The van der Waals surface area contributed by atoms with E-state index in [-0.39, 0.29) is 31.6 Å². The molecule has 2 aromatic rings. The molecule has 16 nitrogen and oxygen atoms in total. The fraction of sp³-hybridized carbons (Fsp3) is 0.667. The maximum Gasteiger partial charge on any atom is 0.342 e. The third-order valence-electron chi connectivity index (χ3n) is 6.29. The van der Waals surface area contributed by atoms with E-state index in [1.54, 1.807) is 32.3 Å². The van der Waals surface area contributed by atoms with Crippen LogP contribution in [0, 0.1) is 5.92 Å². The molecule has 0 saturated carbocycles. The highest BCUT2D eigenvalue weighted by atomic mass is 31.2. The van der Waals surface area contributed by atoms with Crippen molar-refractivity contribution in [3.63, 3.8) is 0 Å². The molecule has 0 bridgehead atoms. The van der Waals surface area contributed by atoms with Crippen molar-refractivity contribution in [1.82, 2.24) is 29.7 Å². The molecule has 3 heterocycles. The predicted molar refractivity (Wildman–Crippen MR) is 148 cm³/mol. The summed E-state index contributed by atoms with van der Waals surface area (Å²) in [6, 6.07) is -2.09. The Bertz CT molecular complexity index is 1230. The minimum Gasteiger partial charge on any atom is -0.476 e. The lowest BCUT2D eigenvalue weighted by Gasteiger charge is -2.29. The van der Waals surface area contributed by atoms with Crippen LogP contribution < -0.4 is 20.6 Å². The topological polar surface area (TPSA) is 214 Å². The van der Waals surface area contributed by atoms with Gasteiger partial charge in [-0.1, -0.05) is 13.0 Å². The van der Waals surface area contributed by atoms with Gasteiger partial charge in [0, 0.05) is 12.5 Å². The first-order chi connectivity index (χ1) is 19.5. The third kappa shape index (κ3) is 7.78. The molecule has 8 atom stereocenters. The number of carbonyl (C=O) groups excluding carboxylic acids is 1. The summed E-state index contributed by atoms with van der Waals surface area (Å²) in [6.45, 7) is 12.3. The summed E-state index contributed by atoms with van der Waals surface area (Å²) in [5.41, 5.74) is 6.60. The molecule has 0 amide bonds. The van der Waals surface area contributed by atoms with Crippen LogP contribution in [-0.2, 0) is 28.1 Å². The zero-order chi connectivity index (χ0) is 30.3. The Morgan fingerprint density at radius 1 is 1.29 bits per heavy atom. The number of hydrogen-bond donors (Lipinski definition) is 5. The number of imidazole rings is 1. The Balaban J connectivity index is 1.82. The highest BCUT2D eigenvalue weighted by Crippen LogP contribution is 2.43. The molecular weight excluding hydrogens is 561 g/mol. The lowest BCUT2D eigenvalue weighted by Crippen LogP contribution is -2.45. The van der Waals surface area contributed by atoms with Crippen LogP contribution in [0.25, 0.3) is 11.2 Å². The van der Waals surface area contributed by atoms with Gasteiger partial charge in [0.15, 0.2) is 17.5 Å². The molecule has 3 unspecified atom stereocenters. The number of ether oxygens (including phenoxy) is 4. The van der Waals surface area contributed by atoms with E-state index >= 15 is 0 Å². The van der Waals surface area contributed by atoms with Crippen LogP contribution in [0.4, 0.5) is 5.95 Å².